The molecule has 0 bridgehead atoms. The first kappa shape index (κ1) is 38.3. The Morgan fingerprint density at radius 1 is 0.797 bits per heavy atom. The molecular formula is C55H61BN2O. The van der Waals surface area contributed by atoms with Crippen LogP contribution in [0, 0.1) is 42.4 Å². The number of hydrogen-bond donors (Lipinski definition) is 0. The van der Waals surface area contributed by atoms with Crippen molar-refractivity contribution in [2.45, 2.75) is 107 Å². The third kappa shape index (κ3) is 5.98. The van der Waals surface area contributed by atoms with E-state index in [4.69, 9.17) is 4.74 Å². The van der Waals surface area contributed by atoms with Crippen LogP contribution in [0.3, 0.4) is 0 Å². The largest absolute Gasteiger partial charge is 0.497 e. The Hall–Kier alpha value is -4.96. The molecule has 4 aromatic carbocycles. The van der Waals surface area contributed by atoms with Crippen molar-refractivity contribution in [3.05, 3.63) is 160 Å². The van der Waals surface area contributed by atoms with Crippen LogP contribution in [0.2, 0.25) is 0 Å². The van der Waals surface area contributed by atoms with Crippen molar-refractivity contribution in [2.75, 3.05) is 9.80 Å². The van der Waals surface area contributed by atoms with Crippen molar-refractivity contribution < 1.29 is 4.74 Å². The first-order chi connectivity index (χ1) is 28.0. The molecule has 0 N–H and O–H groups in total. The SMILES string of the molecule is Cc1ccc(-c2ccccc2)c(N2C3=C(OC4C=CC(C(C)C)=CC34)B3C4=C(CC5C(=C4)C(C)(C)CCC5(C)C)N(c4ccc(C(C)(C)C)cc4)c4cc(C)cc2c43)c1. The van der Waals surface area contributed by atoms with Gasteiger partial charge < -0.3 is 14.5 Å². The fourth-order valence-electron chi connectivity index (χ4n) is 11.3. The summed E-state index contributed by atoms with van der Waals surface area (Å²) in [4.78, 5) is 5.32. The number of aryl methyl sites for hydroxylation is 2. The van der Waals surface area contributed by atoms with Gasteiger partial charge in [0.25, 0.3) is 6.71 Å². The van der Waals surface area contributed by atoms with Gasteiger partial charge in [-0.3, -0.25) is 0 Å². The lowest BCUT2D eigenvalue weighted by Gasteiger charge is -2.53. The van der Waals surface area contributed by atoms with Crippen molar-refractivity contribution in [1.82, 2.24) is 0 Å². The number of ether oxygens (including phenoxy) is 1. The van der Waals surface area contributed by atoms with Gasteiger partial charge in [0, 0.05) is 28.3 Å². The highest BCUT2D eigenvalue weighted by atomic mass is 16.5. The zero-order chi connectivity index (χ0) is 41.3. The van der Waals surface area contributed by atoms with Gasteiger partial charge in [-0.25, -0.2) is 0 Å². The smallest absolute Gasteiger partial charge is 0.295 e. The van der Waals surface area contributed by atoms with Crippen molar-refractivity contribution in [2.24, 2.45) is 28.6 Å². The number of rotatable bonds is 4. The number of nitrogens with zero attached hydrogens (tertiary/aromatic N) is 2. The number of allylic oxidation sites excluding steroid dienone is 6. The summed E-state index contributed by atoms with van der Waals surface area (Å²) >= 11 is 0. The molecule has 6 aliphatic rings. The summed E-state index contributed by atoms with van der Waals surface area (Å²) in [6, 6.07) is 32.4. The second-order valence-electron chi connectivity index (χ2n) is 21.2. The summed E-state index contributed by atoms with van der Waals surface area (Å²) in [7, 11) is 0. The van der Waals surface area contributed by atoms with Gasteiger partial charge in [-0.1, -0.05) is 141 Å². The van der Waals surface area contributed by atoms with Gasteiger partial charge in [0.15, 0.2) is 0 Å². The van der Waals surface area contributed by atoms with Crippen LogP contribution < -0.4 is 15.3 Å². The molecule has 3 nitrogen and oxygen atoms in total. The van der Waals surface area contributed by atoms with Gasteiger partial charge in [-0.05, 0) is 136 Å². The van der Waals surface area contributed by atoms with E-state index < -0.39 is 0 Å². The van der Waals surface area contributed by atoms with Crippen molar-refractivity contribution >= 4 is 34.9 Å². The van der Waals surface area contributed by atoms with E-state index in [9.17, 15) is 0 Å². The lowest BCUT2D eigenvalue weighted by Crippen LogP contribution is -2.52. The molecule has 0 radical (unpaired) electrons. The molecule has 1 fully saturated rings. The predicted molar refractivity (Wildman–Crippen MR) is 250 cm³/mol. The molecule has 0 amide bonds. The van der Waals surface area contributed by atoms with E-state index in [1.54, 1.807) is 5.57 Å². The minimum Gasteiger partial charge on any atom is -0.497 e. The monoisotopic (exact) mass is 776 g/mol. The van der Waals surface area contributed by atoms with Crippen LogP contribution in [0.25, 0.3) is 11.1 Å². The summed E-state index contributed by atoms with van der Waals surface area (Å²) in [6.07, 6.45) is 13.3. The normalized spacial score (nSPS) is 23.6. The molecule has 0 saturated heterocycles. The molecule has 3 heterocycles. The summed E-state index contributed by atoms with van der Waals surface area (Å²) in [5.74, 6) is 0.982. The quantitative estimate of drug-likeness (QED) is 0.192. The first-order valence-corrected chi connectivity index (χ1v) is 22.3. The molecule has 10 rings (SSSR count). The summed E-state index contributed by atoms with van der Waals surface area (Å²) < 4.78 is 7.50. The third-order valence-electron chi connectivity index (χ3n) is 14.8. The molecule has 0 aromatic heterocycles. The van der Waals surface area contributed by atoms with Gasteiger partial charge in [-0.15, -0.1) is 0 Å². The second kappa shape index (κ2) is 13.3. The molecule has 300 valence electrons. The average Bonchev–Trinajstić information content (AvgIpc) is 3.57. The number of anilines is 4. The minimum atomic E-state index is -0.0603. The minimum absolute atomic E-state index is 0.0129. The standard InChI is InChI=1S/C55H61BN2O/c1-33(2)37-18-24-49-41(30-37)51-52(59-49)56-44-31-42-43(55(10,11)26-25-54(42,8)9)32-46(44)57(39-21-19-38(20-22-39)53(5,6)7)47-28-35(4)29-48(50(47)56)58(51)45-27-34(3)17-23-40(45)36-15-13-12-14-16-36/h12-24,27-31,33,41,43,49H,25-26,32H2,1-11H3. The molecule has 0 spiro atoms. The molecule has 4 aromatic rings. The van der Waals surface area contributed by atoms with E-state index in [2.05, 4.69) is 195 Å². The highest BCUT2D eigenvalue weighted by molar-refractivity contribution is 6.89. The molecule has 3 unspecified atom stereocenters. The van der Waals surface area contributed by atoms with Gasteiger partial charge in [0.1, 0.15) is 6.10 Å². The second-order valence-corrected chi connectivity index (χ2v) is 21.2. The Balaban J connectivity index is 1.30. The Kier molecular flexibility index (Phi) is 8.61. The van der Waals surface area contributed by atoms with Gasteiger partial charge in [0.2, 0.25) is 0 Å². The lowest BCUT2D eigenvalue weighted by atomic mass is 9.33. The van der Waals surface area contributed by atoms with E-state index in [0.717, 1.165) is 12.1 Å². The number of benzene rings is 4. The topological polar surface area (TPSA) is 15.7 Å². The number of hydrogen-bond acceptors (Lipinski definition) is 3. The summed E-state index contributed by atoms with van der Waals surface area (Å²) in [5, 5.41) is 0. The Morgan fingerprint density at radius 3 is 2.19 bits per heavy atom. The van der Waals surface area contributed by atoms with E-state index in [-0.39, 0.29) is 35.0 Å². The predicted octanol–water partition coefficient (Wildman–Crippen LogP) is 13.8. The third-order valence-corrected chi connectivity index (χ3v) is 14.8. The maximum atomic E-state index is 7.50. The van der Waals surface area contributed by atoms with E-state index in [1.165, 1.54) is 91.3 Å². The van der Waals surface area contributed by atoms with E-state index in [1.807, 2.05) is 0 Å². The Morgan fingerprint density at radius 2 is 1.49 bits per heavy atom. The summed E-state index contributed by atoms with van der Waals surface area (Å²) in [5.41, 5.74) is 21.4. The van der Waals surface area contributed by atoms with Crippen LogP contribution >= 0.6 is 0 Å². The van der Waals surface area contributed by atoms with Crippen LogP contribution in [0.15, 0.2) is 143 Å². The summed E-state index contributed by atoms with van der Waals surface area (Å²) in [6.45, 7) is 26.1. The van der Waals surface area contributed by atoms with Crippen LogP contribution in [0.1, 0.15) is 98.3 Å². The van der Waals surface area contributed by atoms with Gasteiger partial charge in [0.05, 0.1) is 23.0 Å². The highest BCUT2D eigenvalue weighted by Gasteiger charge is 2.55. The molecule has 3 atom stereocenters. The highest BCUT2D eigenvalue weighted by Crippen LogP contribution is 2.60. The Bertz CT molecular complexity index is 2560. The van der Waals surface area contributed by atoms with Crippen LogP contribution in [-0.4, -0.2) is 12.8 Å². The molecule has 3 aliphatic carbocycles. The molecule has 1 saturated carbocycles. The zero-order valence-corrected chi connectivity index (χ0v) is 37.2. The molecular weight excluding hydrogens is 715 g/mol. The van der Waals surface area contributed by atoms with Gasteiger partial charge in [-0.2, -0.15) is 0 Å². The number of fused-ring (bicyclic) bond motifs is 5. The maximum absolute atomic E-state index is 7.50. The van der Waals surface area contributed by atoms with Crippen LogP contribution in [0.5, 0.6) is 0 Å². The van der Waals surface area contributed by atoms with Crippen molar-refractivity contribution in [3.63, 3.8) is 0 Å². The van der Waals surface area contributed by atoms with Crippen molar-refractivity contribution in [3.8, 4) is 11.1 Å². The fraction of sp³-hybridized carbons (Fsp3) is 0.382. The molecule has 3 aliphatic heterocycles. The fourth-order valence-corrected chi connectivity index (χ4v) is 11.3. The lowest BCUT2D eigenvalue weighted by molar-refractivity contribution is 0.121. The van der Waals surface area contributed by atoms with Crippen LogP contribution in [0.4, 0.5) is 22.7 Å². The van der Waals surface area contributed by atoms with E-state index >= 15 is 0 Å². The average molecular weight is 777 g/mol. The van der Waals surface area contributed by atoms with Gasteiger partial charge >= 0.3 is 0 Å². The zero-order valence-electron chi connectivity index (χ0n) is 37.2. The van der Waals surface area contributed by atoms with Crippen LogP contribution in [-0.2, 0) is 10.2 Å². The Labute approximate surface area is 354 Å². The van der Waals surface area contributed by atoms with E-state index in [0.29, 0.717) is 11.8 Å². The first-order valence-electron chi connectivity index (χ1n) is 22.3. The molecule has 4 heteroatoms. The molecule has 59 heavy (non-hydrogen) atoms. The van der Waals surface area contributed by atoms with Crippen molar-refractivity contribution in [1.29, 1.82) is 0 Å². The maximum Gasteiger partial charge on any atom is 0.295 e.